The molecule has 3 aromatic rings. The van der Waals surface area contributed by atoms with Crippen LogP contribution in [0.15, 0.2) is 72.8 Å². The molecule has 1 unspecified atom stereocenters. The number of hydrogen-bond acceptors (Lipinski definition) is 4. The molecule has 31 heavy (non-hydrogen) atoms. The minimum atomic E-state index is -1.01. The fraction of sp³-hybridized carbons (Fsp3) is 0.200. The number of benzene rings is 3. The quantitative estimate of drug-likeness (QED) is 0.566. The lowest BCUT2D eigenvalue weighted by atomic mass is 9.92. The summed E-state index contributed by atoms with van der Waals surface area (Å²) in [6, 6.07) is 20.2. The van der Waals surface area contributed by atoms with Crippen molar-refractivity contribution in [1.82, 2.24) is 5.32 Å². The first-order valence-electron chi connectivity index (χ1n) is 9.81. The largest absolute Gasteiger partial charge is 0.465 e. The van der Waals surface area contributed by atoms with Gasteiger partial charge in [-0.25, -0.2) is 9.18 Å². The molecule has 0 aromatic heterocycles. The van der Waals surface area contributed by atoms with E-state index in [9.17, 15) is 19.1 Å². The Kier molecular flexibility index (Phi) is 6.82. The highest BCUT2D eigenvalue weighted by molar-refractivity contribution is 5.95. The van der Waals surface area contributed by atoms with E-state index in [1.807, 2.05) is 0 Å². The Bertz CT molecular complexity index is 1060. The van der Waals surface area contributed by atoms with Gasteiger partial charge in [0.25, 0.3) is 5.91 Å². The SMILES string of the molecule is COC(=O)c1ccc(-c2ccc(C(=O)NC(C)(CO)Cc3ccccc3F)cc2)cc1. The van der Waals surface area contributed by atoms with Crippen LogP contribution >= 0.6 is 0 Å². The summed E-state index contributed by atoms with van der Waals surface area (Å²) >= 11 is 0. The lowest BCUT2D eigenvalue weighted by Crippen LogP contribution is -2.50. The predicted molar refractivity (Wildman–Crippen MR) is 116 cm³/mol. The van der Waals surface area contributed by atoms with Gasteiger partial charge in [0, 0.05) is 12.0 Å². The molecule has 1 atom stereocenters. The number of carbonyl (C=O) groups excluding carboxylic acids is 2. The smallest absolute Gasteiger partial charge is 0.337 e. The summed E-state index contributed by atoms with van der Waals surface area (Å²) in [6.07, 6.45) is 0.159. The predicted octanol–water partition coefficient (Wildman–Crippen LogP) is 4.00. The molecule has 0 aliphatic rings. The molecule has 3 rings (SSSR count). The van der Waals surface area contributed by atoms with Crippen molar-refractivity contribution in [1.29, 1.82) is 0 Å². The van der Waals surface area contributed by atoms with Gasteiger partial charge in [0.2, 0.25) is 0 Å². The third-order valence-electron chi connectivity index (χ3n) is 5.09. The van der Waals surface area contributed by atoms with Crippen LogP contribution in [-0.2, 0) is 11.2 Å². The molecule has 0 saturated carbocycles. The number of carbonyl (C=O) groups is 2. The van der Waals surface area contributed by atoms with Crippen molar-refractivity contribution < 1.29 is 23.8 Å². The lowest BCUT2D eigenvalue weighted by molar-refractivity contribution is 0.0600. The Labute approximate surface area is 180 Å². The van der Waals surface area contributed by atoms with Crippen LogP contribution in [-0.4, -0.2) is 36.2 Å². The number of aliphatic hydroxyl groups is 1. The standard InChI is InChI=1S/C25H24FNO4/c1-25(16-28,15-21-5-3-4-6-22(21)26)27-23(29)19-11-7-17(8-12-19)18-9-13-20(14-10-18)24(30)31-2/h3-14,28H,15-16H2,1-2H3,(H,27,29). The number of halogens is 1. The first kappa shape index (κ1) is 22.2. The van der Waals surface area contributed by atoms with E-state index in [4.69, 9.17) is 4.74 Å². The summed E-state index contributed by atoms with van der Waals surface area (Å²) in [5.74, 6) is -1.14. The van der Waals surface area contributed by atoms with E-state index < -0.39 is 11.5 Å². The summed E-state index contributed by atoms with van der Waals surface area (Å²) in [5, 5.41) is 12.6. The van der Waals surface area contributed by atoms with Crippen LogP contribution < -0.4 is 5.32 Å². The number of nitrogens with one attached hydrogen (secondary N) is 1. The summed E-state index contributed by atoms with van der Waals surface area (Å²) in [6.45, 7) is 1.34. The van der Waals surface area contributed by atoms with Gasteiger partial charge in [-0.2, -0.15) is 0 Å². The first-order valence-corrected chi connectivity index (χ1v) is 9.81. The maximum atomic E-state index is 14.0. The topological polar surface area (TPSA) is 75.6 Å². The van der Waals surface area contributed by atoms with Crippen molar-refractivity contribution in [2.45, 2.75) is 18.9 Å². The van der Waals surface area contributed by atoms with Crippen molar-refractivity contribution in [2.75, 3.05) is 13.7 Å². The van der Waals surface area contributed by atoms with E-state index in [-0.39, 0.29) is 24.8 Å². The highest BCUT2D eigenvalue weighted by Gasteiger charge is 2.27. The summed E-state index contributed by atoms with van der Waals surface area (Å²) in [4.78, 5) is 24.3. The van der Waals surface area contributed by atoms with E-state index in [0.717, 1.165) is 11.1 Å². The maximum absolute atomic E-state index is 14.0. The van der Waals surface area contributed by atoms with Crippen LogP contribution in [0.5, 0.6) is 0 Å². The molecule has 3 aromatic carbocycles. The number of esters is 1. The molecule has 1 amide bonds. The third kappa shape index (κ3) is 5.35. The van der Waals surface area contributed by atoms with E-state index in [1.165, 1.54) is 13.2 Å². The summed E-state index contributed by atoms with van der Waals surface area (Å²) in [7, 11) is 1.33. The molecule has 5 nitrogen and oxygen atoms in total. The fourth-order valence-electron chi connectivity index (χ4n) is 3.28. The molecule has 0 aliphatic carbocycles. The zero-order valence-electron chi connectivity index (χ0n) is 17.4. The second kappa shape index (κ2) is 9.53. The molecule has 0 fully saturated rings. The zero-order chi connectivity index (χ0) is 22.4. The Morgan fingerprint density at radius 1 is 0.935 bits per heavy atom. The Balaban J connectivity index is 1.72. The third-order valence-corrected chi connectivity index (χ3v) is 5.09. The Morgan fingerprint density at radius 3 is 2.00 bits per heavy atom. The molecular weight excluding hydrogens is 397 g/mol. The van der Waals surface area contributed by atoms with Crippen LogP contribution in [0.25, 0.3) is 11.1 Å². The molecule has 0 heterocycles. The van der Waals surface area contributed by atoms with Crippen molar-refractivity contribution in [3.8, 4) is 11.1 Å². The molecule has 6 heteroatoms. The van der Waals surface area contributed by atoms with Crippen molar-refractivity contribution in [2.24, 2.45) is 0 Å². The van der Waals surface area contributed by atoms with Crippen LogP contribution in [0.4, 0.5) is 4.39 Å². The molecule has 0 radical (unpaired) electrons. The van der Waals surface area contributed by atoms with Gasteiger partial charge in [-0.1, -0.05) is 42.5 Å². The van der Waals surface area contributed by atoms with Crippen molar-refractivity contribution in [3.05, 3.63) is 95.3 Å². The van der Waals surface area contributed by atoms with Crippen molar-refractivity contribution >= 4 is 11.9 Å². The Hall–Kier alpha value is -3.51. The molecular formula is C25H24FNO4. The van der Waals surface area contributed by atoms with Gasteiger partial charge in [0.1, 0.15) is 5.82 Å². The number of aliphatic hydroxyl groups excluding tert-OH is 1. The maximum Gasteiger partial charge on any atom is 0.337 e. The minimum Gasteiger partial charge on any atom is -0.465 e. The molecule has 160 valence electrons. The van der Waals surface area contributed by atoms with E-state index >= 15 is 0 Å². The molecule has 0 aliphatic heterocycles. The Morgan fingerprint density at radius 2 is 1.48 bits per heavy atom. The number of ether oxygens (including phenoxy) is 1. The van der Waals surface area contributed by atoms with Gasteiger partial charge in [-0.15, -0.1) is 0 Å². The minimum absolute atomic E-state index is 0.159. The average Bonchev–Trinajstić information content (AvgIpc) is 2.80. The fourth-order valence-corrected chi connectivity index (χ4v) is 3.28. The highest BCUT2D eigenvalue weighted by Crippen LogP contribution is 2.22. The van der Waals surface area contributed by atoms with E-state index in [1.54, 1.807) is 73.7 Å². The van der Waals surface area contributed by atoms with Gasteiger partial charge >= 0.3 is 5.97 Å². The van der Waals surface area contributed by atoms with Gasteiger partial charge < -0.3 is 15.2 Å². The molecule has 0 saturated heterocycles. The molecule has 0 bridgehead atoms. The number of amides is 1. The summed E-state index contributed by atoms with van der Waals surface area (Å²) < 4.78 is 18.7. The van der Waals surface area contributed by atoms with Crippen molar-refractivity contribution in [3.63, 3.8) is 0 Å². The monoisotopic (exact) mass is 421 g/mol. The van der Waals surface area contributed by atoms with Crippen LogP contribution in [0.2, 0.25) is 0 Å². The second-order valence-corrected chi connectivity index (χ2v) is 7.59. The van der Waals surface area contributed by atoms with E-state index in [2.05, 4.69) is 5.32 Å². The van der Waals surface area contributed by atoms with Gasteiger partial charge in [0.15, 0.2) is 0 Å². The first-order chi connectivity index (χ1) is 14.8. The highest BCUT2D eigenvalue weighted by atomic mass is 19.1. The average molecular weight is 421 g/mol. The van der Waals surface area contributed by atoms with Crippen LogP contribution in [0, 0.1) is 5.82 Å². The second-order valence-electron chi connectivity index (χ2n) is 7.59. The van der Waals surface area contributed by atoms with Gasteiger partial charge in [0.05, 0.1) is 24.8 Å². The summed E-state index contributed by atoms with van der Waals surface area (Å²) in [5.41, 5.74) is 2.05. The van der Waals surface area contributed by atoms with Crippen LogP contribution in [0.3, 0.4) is 0 Å². The number of methoxy groups -OCH3 is 1. The zero-order valence-corrected chi connectivity index (χ0v) is 17.4. The van der Waals surface area contributed by atoms with Crippen LogP contribution in [0.1, 0.15) is 33.2 Å². The van der Waals surface area contributed by atoms with Gasteiger partial charge in [-0.3, -0.25) is 4.79 Å². The lowest BCUT2D eigenvalue weighted by Gasteiger charge is -2.29. The number of rotatable bonds is 7. The molecule has 0 spiro atoms. The van der Waals surface area contributed by atoms with Gasteiger partial charge in [-0.05, 0) is 53.9 Å². The van der Waals surface area contributed by atoms with E-state index in [0.29, 0.717) is 16.7 Å². The normalized spacial score (nSPS) is 12.6. The number of hydrogen-bond donors (Lipinski definition) is 2. The molecule has 2 N–H and O–H groups in total.